The van der Waals surface area contributed by atoms with E-state index in [-0.39, 0.29) is 58.1 Å². The molecule has 10 heteroatoms. The minimum Gasteiger partial charge on any atom is -0.454 e. The molecule has 204 valence electrons. The van der Waals surface area contributed by atoms with Crippen molar-refractivity contribution in [3.05, 3.63) is 50.5 Å². The van der Waals surface area contributed by atoms with Crippen LogP contribution in [0.2, 0.25) is 5.02 Å². The maximum absolute atomic E-state index is 13.4. The number of halogens is 1. The number of aliphatic hydroxyl groups is 2. The largest absolute Gasteiger partial charge is 0.454 e. The first-order valence-corrected chi connectivity index (χ1v) is 13.5. The van der Waals surface area contributed by atoms with Crippen molar-refractivity contribution in [3.8, 4) is 0 Å². The second-order valence-electron chi connectivity index (χ2n) is 11.9. The highest BCUT2D eigenvalue weighted by Gasteiger charge is 2.68. The van der Waals surface area contributed by atoms with Crippen LogP contribution in [0, 0.1) is 38.7 Å². The van der Waals surface area contributed by atoms with E-state index in [4.69, 9.17) is 16.3 Å². The van der Waals surface area contributed by atoms with E-state index >= 15 is 0 Å². The number of benzene rings is 1. The van der Waals surface area contributed by atoms with Gasteiger partial charge in [-0.15, -0.1) is 0 Å². The average molecular weight is 546 g/mol. The zero-order valence-corrected chi connectivity index (χ0v) is 22.2. The van der Waals surface area contributed by atoms with E-state index in [1.165, 1.54) is 0 Å². The highest BCUT2D eigenvalue weighted by molar-refractivity contribution is 6.33. The lowest BCUT2D eigenvalue weighted by molar-refractivity contribution is -0.384. The first kappa shape index (κ1) is 27.0. The van der Waals surface area contributed by atoms with Gasteiger partial charge in [0, 0.05) is 24.0 Å². The first-order valence-electron chi connectivity index (χ1n) is 13.1. The van der Waals surface area contributed by atoms with Crippen LogP contribution in [0.25, 0.3) is 0 Å². The minimum absolute atomic E-state index is 0.000622. The van der Waals surface area contributed by atoms with Gasteiger partial charge in [0.1, 0.15) is 5.60 Å². The van der Waals surface area contributed by atoms with Gasteiger partial charge < -0.3 is 14.9 Å². The van der Waals surface area contributed by atoms with Gasteiger partial charge in [-0.2, -0.15) is 0 Å². The monoisotopic (exact) mass is 545 g/mol. The van der Waals surface area contributed by atoms with E-state index in [1.54, 1.807) is 6.08 Å². The van der Waals surface area contributed by atoms with Gasteiger partial charge in [0.2, 0.25) is 5.78 Å². The van der Waals surface area contributed by atoms with Crippen molar-refractivity contribution in [2.24, 2.45) is 28.6 Å². The fraction of sp³-hybridized carbons (Fsp3) is 0.607. The summed E-state index contributed by atoms with van der Waals surface area (Å²) in [5.74, 6) is -1.37. The van der Waals surface area contributed by atoms with Crippen molar-refractivity contribution in [1.82, 2.24) is 0 Å². The molecule has 4 aliphatic carbocycles. The predicted molar refractivity (Wildman–Crippen MR) is 136 cm³/mol. The van der Waals surface area contributed by atoms with Crippen molar-refractivity contribution in [3.63, 3.8) is 0 Å². The van der Waals surface area contributed by atoms with Crippen molar-refractivity contribution < 1.29 is 34.3 Å². The van der Waals surface area contributed by atoms with Gasteiger partial charge in [0.25, 0.3) is 5.69 Å². The fourth-order valence-corrected chi connectivity index (χ4v) is 8.51. The Bertz CT molecular complexity index is 1260. The molecule has 0 amide bonds. The van der Waals surface area contributed by atoms with Crippen LogP contribution in [-0.4, -0.2) is 51.0 Å². The van der Waals surface area contributed by atoms with Crippen LogP contribution >= 0.6 is 11.6 Å². The number of nitro groups is 1. The highest BCUT2D eigenvalue weighted by Crippen LogP contribution is 2.67. The first-order chi connectivity index (χ1) is 17.8. The molecular formula is C28H32ClNO8. The molecule has 0 saturated heterocycles. The summed E-state index contributed by atoms with van der Waals surface area (Å²) in [7, 11) is 0. The topological polar surface area (TPSA) is 144 Å². The third kappa shape index (κ3) is 3.93. The summed E-state index contributed by atoms with van der Waals surface area (Å²) in [4.78, 5) is 48.3. The molecule has 4 aliphatic rings. The molecule has 38 heavy (non-hydrogen) atoms. The molecule has 0 radical (unpaired) electrons. The van der Waals surface area contributed by atoms with E-state index in [2.05, 4.69) is 6.92 Å². The Hall–Kier alpha value is -2.62. The molecule has 0 heterocycles. The van der Waals surface area contributed by atoms with Crippen LogP contribution in [0.4, 0.5) is 5.69 Å². The molecular weight excluding hydrogens is 514 g/mol. The molecule has 0 spiro atoms. The third-order valence-corrected chi connectivity index (χ3v) is 10.5. The van der Waals surface area contributed by atoms with Gasteiger partial charge >= 0.3 is 5.97 Å². The van der Waals surface area contributed by atoms with Gasteiger partial charge in [0.05, 0.1) is 21.6 Å². The number of aliphatic hydroxyl groups excluding tert-OH is 1. The number of esters is 1. The molecule has 1 aromatic carbocycles. The Morgan fingerprint density at radius 3 is 2.63 bits per heavy atom. The Balaban J connectivity index is 1.33. The minimum atomic E-state index is -1.78. The molecule has 9 nitrogen and oxygen atoms in total. The zero-order valence-electron chi connectivity index (χ0n) is 21.4. The molecule has 1 aromatic rings. The molecule has 0 aromatic heterocycles. The van der Waals surface area contributed by atoms with Gasteiger partial charge in [-0.25, -0.2) is 4.79 Å². The van der Waals surface area contributed by atoms with Crippen LogP contribution < -0.4 is 0 Å². The van der Waals surface area contributed by atoms with E-state index in [9.17, 15) is 34.7 Å². The van der Waals surface area contributed by atoms with E-state index in [0.29, 0.717) is 19.3 Å². The molecule has 2 N–H and O–H groups in total. The number of carbonyl (C=O) groups is 3. The second-order valence-corrected chi connectivity index (χ2v) is 12.3. The number of allylic oxidation sites excluding steroid dienone is 1. The van der Waals surface area contributed by atoms with Crippen LogP contribution in [0.3, 0.4) is 0 Å². The number of nitro benzene ring substituents is 1. The molecule has 3 fully saturated rings. The van der Waals surface area contributed by atoms with Crippen LogP contribution in [0.5, 0.6) is 0 Å². The van der Waals surface area contributed by atoms with Gasteiger partial charge in [0.15, 0.2) is 12.4 Å². The number of Topliss-reactive ketones (excluding diaryl/α,β-unsaturated/α-hetero) is 1. The maximum atomic E-state index is 13.4. The molecule has 5 rings (SSSR count). The SMILES string of the molecule is C[C@]12CCC(=O)C=C1CC[C@@H]1[C@@H]2[C@H](O)C[C@@]2(C)[C@H]1CC[C@@]2(O)C(=O)COC(=O)c1ccc([N+](=O)[O-])cc1Cl. The van der Waals surface area contributed by atoms with Crippen LogP contribution in [-0.2, 0) is 14.3 Å². The summed E-state index contributed by atoms with van der Waals surface area (Å²) >= 11 is 6.01. The van der Waals surface area contributed by atoms with Crippen molar-refractivity contribution in [2.75, 3.05) is 6.61 Å². The summed E-state index contributed by atoms with van der Waals surface area (Å²) in [6.07, 6.45) is 4.78. The number of fused-ring (bicyclic) bond motifs is 5. The van der Waals surface area contributed by atoms with Gasteiger partial charge in [-0.3, -0.25) is 19.7 Å². The lowest BCUT2D eigenvalue weighted by Gasteiger charge is -2.60. The summed E-state index contributed by atoms with van der Waals surface area (Å²) < 4.78 is 5.20. The Kier molecular flexibility index (Phi) is 6.56. The average Bonchev–Trinajstić information content (AvgIpc) is 3.13. The maximum Gasteiger partial charge on any atom is 0.340 e. The van der Waals surface area contributed by atoms with Gasteiger partial charge in [-0.05, 0) is 73.8 Å². The number of non-ortho nitro benzene ring substituents is 1. The molecule has 3 saturated carbocycles. The van der Waals surface area contributed by atoms with E-state index in [1.807, 2.05) is 6.92 Å². The number of ketones is 2. The third-order valence-electron chi connectivity index (χ3n) is 10.2. The van der Waals surface area contributed by atoms with E-state index < -0.39 is 40.4 Å². The second kappa shape index (κ2) is 9.24. The number of hydrogen-bond donors (Lipinski definition) is 2. The highest BCUT2D eigenvalue weighted by atomic mass is 35.5. The zero-order chi connectivity index (χ0) is 27.6. The standard InChI is InChI=1S/C28H32ClNO8/c1-26-9-7-17(31)11-15(26)3-5-18-20-8-10-28(35,27(20,2)13-22(32)24(18)26)23(33)14-38-25(34)19-6-4-16(30(36)37)12-21(19)29/h4,6,11-12,18,20,22,24,32,35H,3,5,7-10,13-14H2,1-2H3/t18-,20-,22+,24+,26-,27-,28+/m0/s1. The molecule has 7 atom stereocenters. The summed E-state index contributed by atoms with van der Waals surface area (Å²) in [6.45, 7) is 3.32. The molecule has 0 bridgehead atoms. The van der Waals surface area contributed by atoms with Gasteiger partial charge in [-0.1, -0.05) is 31.0 Å². The number of hydrogen-bond acceptors (Lipinski definition) is 8. The smallest absolute Gasteiger partial charge is 0.340 e. The van der Waals surface area contributed by atoms with Crippen LogP contribution in [0.15, 0.2) is 29.8 Å². The number of nitrogens with zero attached hydrogens (tertiary/aromatic N) is 1. The predicted octanol–water partition coefficient (Wildman–Crippen LogP) is 4.21. The Labute approximate surface area is 225 Å². The quantitative estimate of drug-likeness (QED) is 0.318. The molecule has 0 aliphatic heterocycles. The summed E-state index contributed by atoms with van der Waals surface area (Å²) in [5.41, 5.74) is -2.24. The number of rotatable bonds is 5. The lowest BCUT2D eigenvalue weighted by atomic mass is 9.45. The van der Waals surface area contributed by atoms with E-state index in [0.717, 1.165) is 36.6 Å². The number of ether oxygens (including phenoxy) is 1. The van der Waals surface area contributed by atoms with Crippen molar-refractivity contribution in [2.45, 2.75) is 70.5 Å². The number of carbonyl (C=O) groups excluding carboxylic acids is 3. The Morgan fingerprint density at radius 2 is 1.95 bits per heavy atom. The van der Waals surface area contributed by atoms with Crippen molar-refractivity contribution >= 4 is 34.8 Å². The molecule has 0 unspecified atom stereocenters. The van der Waals surface area contributed by atoms with Crippen molar-refractivity contribution in [1.29, 1.82) is 0 Å². The summed E-state index contributed by atoms with van der Waals surface area (Å²) in [6, 6.07) is 3.31. The van der Waals surface area contributed by atoms with Crippen LogP contribution in [0.1, 0.15) is 69.2 Å². The fourth-order valence-electron chi connectivity index (χ4n) is 8.26. The summed E-state index contributed by atoms with van der Waals surface area (Å²) in [5, 5.41) is 34.0. The Morgan fingerprint density at radius 1 is 1.21 bits per heavy atom. The normalized spacial score (nSPS) is 37.9. The lowest BCUT2D eigenvalue weighted by Crippen LogP contribution is -2.62.